The molecule has 8 nitrogen and oxygen atoms in total. The summed E-state index contributed by atoms with van der Waals surface area (Å²) in [5.74, 6) is 0.258. The van der Waals surface area contributed by atoms with Crippen LogP contribution in [0.25, 0.3) is 0 Å². The second-order valence-electron chi connectivity index (χ2n) is 7.01. The fourth-order valence-corrected chi connectivity index (χ4v) is 4.59. The van der Waals surface area contributed by atoms with Gasteiger partial charge >= 0.3 is 0 Å². The number of benzene rings is 3. The van der Waals surface area contributed by atoms with Gasteiger partial charge in [-0.2, -0.15) is 0 Å². The van der Waals surface area contributed by atoms with E-state index in [0.29, 0.717) is 29.5 Å². The molecule has 3 aromatic rings. The number of anilines is 2. The van der Waals surface area contributed by atoms with Gasteiger partial charge in [-0.15, -0.1) is 0 Å². The summed E-state index contributed by atoms with van der Waals surface area (Å²) < 4.78 is 57.0. The Balaban J connectivity index is 1.90. The van der Waals surface area contributed by atoms with Gasteiger partial charge in [-0.1, -0.05) is 0 Å². The van der Waals surface area contributed by atoms with E-state index in [0.717, 1.165) is 16.4 Å². The lowest BCUT2D eigenvalue weighted by atomic mass is 10.2. The molecule has 0 atom stereocenters. The van der Waals surface area contributed by atoms with Gasteiger partial charge in [-0.25, -0.2) is 12.8 Å². The minimum absolute atomic E-state index is 0.0424. The number of hydrogen-bond donors (Lipinski definition) is 1. The van der Waals surface area contributed by atoms with E-state index in [1.807, 2.05) is 6.92 Å². The summed E-state index contributed by atoms with van der Waals surface area (Å²) >= 11 is 0. The van der Waals surface area contributed by atoms with Crippen LogP contribution in [0.2, 0.25) is 0 Å². The monoisotopic (exact) mass is 488 g/mol. The van der Waals surface area contributed by atoms with Gasteiger partial charge in [0, 0.05) is 11.8 Å². The first-order valence-electron chi connectivity index (χ1n) is 10.3. The van der Waals surface area contributed by atoms with Crippen LogP contribution in [0.1, 0.15) is 6.92 Å². The molecule has 0 aliphatic rings. The van der Waals surface area contributed by atoms with Crippen molar-refractivity contribution in [2.24, 2.45) is 0 Å². The van der Waals surface area contributed by atoms with Crippen LogP contribution < -0.4 is 23.8 Å². The largest absolute Gasteiger partial charge is 0.494 e. The van der Waals surface area contributed by atoms with Crippen LogP contribution in [0.3, 0.4) is 0 Å². The highest BCUT2D eigenvalue weighted by atomic mass is 32.2. The van der Waals surface area contributed by atoms with Crippen molar-refractivity contribution >= 4 is 27.3 Å². The Morgan fingerprint density at radius 1 is 0.941 bits per heavy atom. The van der Waals surface area contributed by atoms with Gasteiger partial charge in [0.05, 0.1) is 31.4 Å². The zero-order valence-electron chi connectivity index (χ0n) is 18.9. The number of carbonyl (C=O) groups excluding carboxylic acids is 1. The van der Waals surface area contributed by atoms with Crippen molar-refractivity contribution in [3.05, 3.63) is 72.5 Å². The summed E-state index contributed by atoms with van der Waals surface area (Å²) in [5.41, 5.74) is 0.526. The van der Waals surface area contributed by atoms with Gasteiger partial charge in [-0.05, 0) is 67.6 Å². The summed E-state index contributed by atoms with van der Waals surface area (Å²) in [7, 11) is -1.21. The smallest absolute Gasteiger partial charge is 0.264 e. The fourth-order valence-electron chi connectivity index (χ4n) is 3.17. The van der Waals surface area contributed by atoms with Crippen LogP contribution in [0.5, 0.6) is 17.2 Å². The van der Waals surface area contributed by atoms with E-state index in [9.17, 15) is 17.6 Å². The predicted molar refractivity (Wildman–Crippen MR) is 127 cm³/mol. The van der Waals surface area contributed by atoms with Gasteiger partial charge in [-0.3, -0.25) is 9.10 Å². The maximum atomic E-state index is 13.5. The molecule has 0 unspecified atom stereocenters. The Morgan fingerprint density at radius 2 is 1.59 bits per heavy atom. The Bertz CT molecular complexity index is 1230. The normalized spacial score (nSPS) is 10.9. The molecule has 0 spiro atoms. The lowest BCUT2D eigenvalue weighted by Gasteiger charge is -2.24. The van der Waals surface area contributed by atoms with Crippen LogP contribution in [0.4, 0.5) is 15.8 Å². The SMILES string of the molecule is CCOc1ccc(S(=O)(=O)N(CC(=O)Nc2ccc(OC)c(OC)c2)c2ccc(F)cc2)cc1. The van der Waals surface area contributed by atoms with Crippen LogP contribution in [0.15, 0.2) is 71.6 Å². The number of rotatable bonds is 10. The van der Waals surface area contributed by atoms with E-state index < -0.39 is 28.3 Å². The summed E-state index contributed by atoms with van der Waals surface area (Å²) in [6.07, 6.45) is 0. The molecule has 1 N–H and O–H groups in total. The third-order valence-corrected chi connectivity index (χ3v) is 6.58. The Hall–Kier alpha value is -3.79. The maximum absolute atomic E-state index is 13.5. The number of carbonyl (C=O) groups is 1. The highest BCUT2D eigenvalue weighted by Crippen LogP contribution is 2.30. The zero-order chi connectivity index (χ0) is 24.7. The lowest BCUT2D eigenvalue weighted by Crippen LogP contribution is -2.38. The van der Waals surface area contributed by atoms with Crippen molar-refractivity contribution in [1.82, 2.24) is 0 Å². The molecule has 0 aliphatic heterocycles. The number of methoxy groups -OCH3 is 2. The van der Waals surface area contributed by atoms with Gasteiger partial charge < -0.3 is 19.5 Å². The van der Waals surface area contributed by atoms with Crippen LogP contribution in [-0.4, -0.2) is 41.7 Å². The van der Waals surface area contributed by atoms with Crippen LogP contribution >= 0.6 is 0 Å². The topological polar surface area (TPSA) is 94.2 Å². The van der Waals surface area contributed by atoms with Gasteiger partial charge in [0.1, 0.15) is 18.1 Å². The third-order valence-electron chi connectivity index (χ3n) is 4.79. The lowest BCUT2D eigenvalue weighted by molar-refractivity contribution is -0.114. The summed E-state index contributed by atoms with van der Waals surface area (Å²) in [6.45, 7) is 1.71. The van der Waals surface area contributed by atoms with Gasteiger partial charge in [0.25, 0.3) is 10.0 Å². The van der Waals surface area contributed by atoms with E-state index in [1.165, 1.54) is 50.6 Å². The quantitative estimate of drug-likeness (QED) is 0.462. The van der Waals surface area contributed by atoms with E-state index >= 15 is 0 Å². The summed E-state index contributed by atoms with van der Waals surface area (Å²) in [5, 5.41) is 2.65. The van der Waals surface area contributed by atoms with Crippen LogP contribution in [0, 0.1) is 5.82 Å². The minimum atomic E-state index is -4.16. The molecule has 0 heterocycles. The Morgan fingerprint density at radius 3 is 2.18 bits per heavy atom. The predicted octanol–water partition coefficient (Wildman–Crippen LogP) is 4.08. The molecule has 0 bridgehead atoms. The summed E-state index contributed by atoms with van der Waals surface area (Å²) in [6, 6.07) is 15.5. The molecule has 0 aliphatic carbocycles. The van der Waals surface area contributed by atoms with Gasteiger partial charge in [0.15, 0.2) is 11.5 Å². The molecule has 0 saturated heterocycles. The second kappa shape index (κ2) is 10.9. The number of nitrogens with one attached hydrogen (secondary N) is 1. The third kappa shape index (κ3) is 5.76. The Kier molecular flexibility index (Phi) is 7.95. The number of sulfonamides is 1. The van der Waals surface area contributed by atoms with Crippen molar-refractivity contribution < 1.29 is 31.8 Å². The minimum Gasteiger partial charge on any atom is -0.494 e. The first-order chi connectivity index (χ1) is 16.3. The zero-order valence-corrected chi connectivity index (χ0v) is 19.8. The fraction of sp³-hybridized carbons (Fsp3) is 0.208. The molecular weight excluding hydrogens is 463 g/mol. The molecular formula is C24H25FN2O6S. The number of halogens is 1. The van der Waals surface area contributed by atoms with Gasteiger partial charge in [0.2, 0.25) is 5.91 Å². The maximum Gasteiger partial charge on any atom is 0.264 e. The van der Waals surface area contributed by atoms with Crippen molar-refractivity contribution in [3.8, 4) is 17.2 Å². The van der Waals surface area contributed by atoms with Crippen molar-refractivity contribution in [3.63, 3.8) is 0 Å². The van der Waals surface area contributed by atoms with Crippen LogP contribution in [-0.2, 0) is 14.8 Å². The average Bonchev–Trinajstić information content (AvgIpc) is 2.83. The van der Waals surface area contributed by atoms with Crippen molar-refractivity contribution in [2.45, 2.75) is 11.8 Å². The Labute approximate surface area is 197 Å². The number of hydrogen-bond acceptors (Lipinski definition) is 6. The average molecular weight is 489 g/mol. The highest BCUT2D eigenvalue weighted by Gasteiger charge is 2.27. The number of amides is 1. The number of nitrogens with zero attached hydrogens (tertiary/aromatic N) is 1. The van der Waals surface area contributed by atoms with E-state index in [1.54, 1.807) is 18.2 Å². The molecule has 0 aromatic heterocycles. The van der Waals surface area contributed by atoms with E-state index in [4.69, 9.17) is 14.2 Å². The molecule has 1 amide bonds. The van der Waals surface area contributed by atoms with E-state index in [2.05, 4.69) is 5.32 Å². The standard InChI is InChI=1S/C24H25FN2O6S/c1-4-33-20-10-12-21(13-11-20)34(29,30)27(19-8-5-17(25)6-9-19)16-24(28)26-18-7-14-22(31-2)23(15-18)32-3/h5-15H,4,16H2,1-3H3,(H,26,28). The number of ether oxygens (including phenoxy) is 3. The molecule has 180 valence electrons. The first kappa shape index (κ1) is 24.8. The summed E-state index contributed by atoms with van der Waals surface area (Å²) in [4.78, 5) is 12.8. The van der Waals surface area contributed by atoms with E-state index in [-0.39, 0.29) is 10.6 Å². The molecule has 3 rings (SSSR count). The molecule has 0 radical (unpaired) electrons. The first-order valence-corrected chi connectivity index (χ1v) is 11.8. The van der Waals surface area contributed by atoms with Crippen molar-refractivity contribution in [1.29, 1.82) is 0 Å². The molecule has 34 heavy (non-hydrogen) atoms. The highest BCUT2D eigenvalue weighted by molar-refractivity contribution is 7.92. The molecule has 3 aromatic carbocycles. The second-order valence-corrected chi connectivity index (χ2v) is 8.87. The molecule has 0 fully saturated rings. The molecule has 0 saturated carbocycles. The molecule has 10 heteroatoms. The van der Waals surface area contributed by atoms with Crippen molar-refractivity contribution in [2.75, 3.05) is 37.0 Å².